The van der Waals surface area contributed by atoms with Gasteiger partial charge in [-0.2, -0.15) is 0 Å². The summed E-state index contributed by atoms with van der Waals surface area (Å²) in [5.74, 6) is 0.200. The summed E-state index contributed by atoms with van der Waals surface area (Å²) < 4.78 is 31.0. The fraction of sp³-hybridized carbons (Fsp3) is 0.409. The number of carbonyl (C=O) groups is 1. The fourth-order valence-electron chi connectivity index (χ4n) is 3.71. The molecule has 0 spiro atoms. The molecule has 0 saturated carbocycles. The Bertz CT molecular complexity index is 1070. The van der Waals surface area contributed by atoms with Crippen molar-refractivity contribution in [2.24, 2.45) is 0 Å². The van der Waals surface area contributed by atoms with Gasteiger partial charge in [-0.15, -0.1) is 0 Å². The molecule has 0 atom stereocenters. The van der Waals surface area contributed by atoms with Gasteiger partial charge in [-0.3, -0.25) is 9.10 Å². The van der Waals surface area contributed by atoms with Crippen LogP contribution in [0.25, 0.3) is 0 Å². The molecule has 1 heterocycles. The lowest BCUT2D eigenvalue weighted by Gasteiger charge is -2.37. The van der Waals surface area contributed by atoms with Gasteiger partial charge in [-0.1, -0.05) is 23.7 Å². The van der Waals surface area contributed by atoms with Gasteiger partial charge < -0.3 is 14.5 Å². The molecule has 0 unspecified atom stereocenters. The minimum absolute atomic E-state index is 0.238. The van der Waals surface area contributed by atoms with Crippen LogP contribution in [0.5, 0.6) is 5.75 Å². The first-order valence-electron chi connectivity index (χ1n) is 10.0. The normalized spacial score (nSPS) is 14.5. The minimum Gasteiger partial charge on any atom is -0.495 e. The van der Waals surface area contributed by atoms with Gasteiger partial charge in [0.25, 0.3) is 0 Å². The summed E-state index contributed by atoms with van der Waals surface area (Å²) in [6, 6.07) is 10.9. The number of sulfonamides is 1. The lowest BCUT2D eigenvalue weighted by Crippen LogP contribution is -2.52. The van der Waals surface area contributed by atoms with Crippen molar-refractivity contribution in [1.29, 1.82) is 0 Å². The summed E-state index contributed by atoms with van der Waals surface area (Å²) in [7, 11) is -2.19. The van der Waals surface area contributed by atoms with Crippen LogP contribution in [0.1, 0.15) is 11.1 Å². The summed E-state index contributed by atoms with van der Waals surface area (Å²) in [5, 5.41) is 0.281. The second-order valence-electron chi connectivity index (χ2n) is 7.68. The Balaban J connectivity index is 1.71. The van der Waals surface area contributed by atoms with E-state index in [1.54, 1.807) is 17.0 Å². The van der Waals surface area contributed by atoms with E-state index in [1.807, 2.05) is 6.07 Å². The largest absolute Gasteiger partial charge is 0.495 e. The Labute approximate surface area is 189 Å². The van der Waals surface area contributed by atoms with E-state index in [9.17, 15) is 13.2 Å². The van der Waals surface area contributed by atoms with Gasteiger partial charge in [0.1, 0.15) is 12.3 Å². The molecule has 1 fully saturated rings. The van der Waals surface area contributed by atoms with Gasteiger partial charge in [0, 0.05) is 31.9 Å². The molecule has 1 aliphatic heterocycles. The molecule has 7 nitrogen and oxygen atoms in total. The zero-order chi connectivity index (χ0) is 22.8. The number of benzene rings is 2. The molecule has 2 aromatic carbocycles. The molecule has 1 aliphatic rings. The van der Waals surface area contributed by atoms with Crippen LogP contribution in [0.2, 0.25) is 5.02 Å². The van der Waals surface area contributed by atoms with Crippen molar-refractivity contribution in [2.45, 2.75) is 13.8 Å². The van der Waals surface area contributed by atoms with Crippen LogP contribution >= 0.6 is 11.6 Å². The number of hydrogen-bond acceptors (Lipinski definition) is 5. The van der Waals surface area contributed by atoms with E-state index in [4.69, 9.17) is 16.3 Å². The van der Waals surface area contributed by atoms with Crippen LogP contribution in [0.15, 0.2) is 36.4 Å². The summed E-state index contributed by atoms with van der Waals surface area (Å²) >= 11 is 6.16. The third-order valence-electron chi connectivity index (χ3n) is 5.65. The Morgan fingerprint density at radius 3 is 2.39 bits per heavy atom. The predicted molar refractivity (Wildman–Crippen MR) is 125 cm³/mol. The zero-order valence-electron chi connectivity index (χ0n) is 18.3. The minimum atomic E-state index is -3.68. The average Bonchev–Trinajstić information content (AvgIpc) is 2.73. The van der Waals surface area contributed by atoms with Crippen LogP contribution in [0.3, 0.4) is 0 Å². The number of amides is 1. The molecule has 168 valence electrons. The second kappa shape index (κ2) is 9.36. The molecular weight excluding hydrogens is 438 g/mol. The molecule has 1 amide bonds. The van der Waals surface area contributed by atoms with Crippen molar-refractivity contribution in [3.05, 3.63) is 52.5 Å². The maximum absolute atomic E-state index is 12.9. The van der Waals surface area contributed by atoms with Crippen molar-refractivity contribution in [2.75, 3.05) is 55.3 Å². The molecule has 31 heavy (non-hydrogen) atoms. The van der Waals surface area contributed by atoms with Crippen LogP contribution in [0.4, 0.5) is 11.4 Å². The van der Waals surface area contributed by atoms with Crippen molar-refractivity contribution >= 4 is 38.9 Å². The number of aryl methyl sites for hydroxylation is 1. The van der Waals surface area contributed by atoms with Gasteiger partial charge in [0.15, 0.2) is 0 Å². The van der Waals surface area contributed by atoms with E-state index in [-0.39, 0.29) is 17.5 Å². The summed E-state index contributed by atoms with van der Waals surface area (Å²) in [6.07, 6.45) is 1.08. The lowest BCUT2D eigenvalue weighted by atomic mass is 10.1. The lowest BCUT2D eigenvalue weighted by molar-refractivity contribution is -0.129. The molecule has 2 aromatic rings. The standard InChI is InChI=1S/C22H28ClN3O4S/c1-16-6-5-7-20(17(16)2)24-10-12-25(13-11-24)22(27)15-26(31(4,28)29)18-8-9-21(30-3)19(23)14-18/h5-9,14H,10-13,15H2,1-4H3. The smallest absolute Gasteiger partial charge is 0.243 e. The monoisotopic (exact) mass is 465 g/mol. The Kier molecular flexibility index (Phi) is 7.01. The van der Waals surface area contributed by atoms with Gasteiger partial charge in [-0.25, -0.2) is 8.42 Å². The second-order valence-corrected chi connectivity index (χ2v) is 9.99. The number of piperazine rings is 1. The van der Waals surface area contributed by atoms with Gasteiger partial charge in [0.2, 0.25) is 15.9 Å². The Morgan fingerprint density at radius 1 is 1.13 bits per heavy atom. The number of carbonyl (C=O) groups excluding carboxylic acids is 1. The fourth-order valence-corrected chi connectivity index (χ4v) is 4.80. The van der Waals surface area contributed by atoms with Crippen molar-refractivity contribution in [3.63, 3.8) is 0 Å². The van der Waals surface area contributed by atoms with Crippen molar-refractivity contribution < 1.29 is 17.9 Å². The predicted octanol–water partition coefficient (Wildman–Crippen LogP) is 3.08. The number of halogens is 1. The highest BCUT2D eigenvalue weighted by atomic mass is 35.5. The van der Waals surface area contributed by atoms with Crippen molar-refractivity contribution in [1.82, 2.24) is 4.90 Å². The molecule has 1 saturated heterocycles. The number of anilines is 2. The molecule has 3 rings (SSSR count). The van der Waals surface area contributed by atoms with E-state index in [0.717, 1.165) is 10.6 Å². The molecule has 0 bridgehead atoms. The van der Waals surface area contributed by atoms with E-state index >= 15 is 0 Å². The van der Waals surface area contributed by atoms with E-state index in [1.165, 1.54) is 30.0 Å². The van der Waals surface area contributed by atoms with Crippen LogP contribution in [-0.2, 0) is 14.8 Å². The summed E-state index contributed by atoms with van der Waals surface area (Å²) in [6.45, 7) is 6.38. The first-order valence-corrected chi connectivity index (χ1v) is 12.2. The third kappa shape index (κ3) is 5.25. The third-order valence-corrected chi connectivity index (χ3v) is 7.09. The maximum Gasteiger partial charge on any atom is 0.243 e. The molecule has 0 N–H and O–H groups in total. The number of ether oxygens (including phenoxy) is 1. The number of methoxy groups -OCH3 is 1. The Morgan fingerprint density at radius 2 is 1.81 bits per heavy atom. The highest BCUT2D eigenvalue weighted by Crippen LogP contribution is 2.30. The van der Waals surface area contributed by atoms with E-state index < -0.39 is 10.0 Å². The molecule has 0 aliphatic carbocycles. The average molecular weight is 466 g/mol. The first kappa shape index (κ1) is 23.2. The van der Waals surface area contributed by atoms with Crippen LogP contribution in [0, 0.1) is 13.8 Å². The number of nitrogens with zero attached hydrogens (tertiary/aromatic N) is 3. The molecule has 0 radical (unpaired) electrons. The first-order chi connectivity index (χ1) is 14.6. The van der Waals surface area contributed by atoms with E-state index in [0.29, 0.717) is 37.6 Å². The zero-order valence-corrected chi connectivity index (χ0v) is 19.8. The molecule has 9 heteroatoms. The summed E-state index contributed by atoms with van der Waals surface area (Å²) in [5.41, 5.74) is 3.98. The maximum atomic E-state index is 12.9. The summed E-state index contributed by atoms with van der Waals surface area (Å²) in [4.78, 5) is 16.9. The van der Waals surface area contributed by atoms with Gasteiger partial charge in [-0.05, 0) is 49.2 Å². The highest BCUT2D eigenvalue weighted by Gasteiger charge is 2.27. The Hall–Kier alpha value is -2.45. The molecule has 0 aromatic heterocycles. The number of hydrogen-bond donors (Lipinski definition) is 0. The molecular formula is C22H28ClN3O4S. The topological polar surface area (TPSA) is 70.2 Å². The SMILES string of the molecule is COc1ccc(N(CC(=O)N2CCN(c3cccc(C)c3C)CC2)S(C)(=O)=O)cc1Cl. The van der Waals surface area contributed by atoms with Crippen LogP contribution < -0.4 is 13.9 Å². The van der Waals surface area contributed by atoms with Gasteiger partial charge >= 0.3 is 0 Å². The van der Waals surface area contributed by atoms with Crippen molar-refractivity contribution in [3.8, 4) is 5.75 Å². The van der Waals surface area contributed by atoms with Gasteiger partial charge in [0.05, 0.1) is 24.1 Å². The highest BCUT2D eigenvalue weighted by molar-refractivity contribution is 7.92. The quantitative estimate of drug-likeness (QED) is 0.655. The number of rotatable bonds is 6. The van der Waals surface area contributed by atoms with Crippen LogP contribution in [-0.4, -0.2) is 65.3 Å². The van der Waals surface area contributed by atoms with E-state index in [2.05, 4.69) is 30.9 Å².